The number of amides is 3. The number of fused-ring (bicyclic) bond motifs is 2. The molecule has 3 N–H and O–H groups in total. The van der Waals surface area contributed by atoms with Crippen LogP contribution in [0.25, 0.3) is 10.9 Å². The summed E-state index contributed by atoms with van der Waals surface area (Å²) in [4.78, 5) is 52.6. The van der Waals surface area contributed by atoms with Gasteiger partial charge in [0.05, 0.1) is 18.3 Å². The first-order valence-electron chi connectivity index (χ1n) is 13.5. The lowest BCUT2D eigenvalue weighted by Crippen LogP contribution is -2.56. The van der Waals surface area contributed by atoms with Gasteiger partial charge in [0.25, 0.3) is 11.8 Å². The third-order valence-corrected chi connectivity index (χ3v) is 9.10. The monoisotopic (exact) mass is 586 g/mol. The largest absolute Gasteiger partial charge is 0.383 e. The van der Waals surface area contributed by atoms with E-state index in [9.17, 15) is 14.4 Å². The minimum Gasteiger partial charge on any atom is -0.383 e. The van der Waals surface area contributed by atoms with Crippen LogP contribution in [-0.2, 0) is 22.5 Å². The lowest BCUT2D eigenvalue weighted by molar-refractivity contribution is -0.136. The summed E-state index contributed by atoms with van der Waals surface area (Å²) >= 11 is 7.53. The number of H-pyrrole nitrogens is 1. The first kappa shape index (κ1) is 28.5. The van der Waals surface area contributed by atoms with Gasteiger partial charge < -0.3 is 30.2 Å². The number of likely N-dealkylation sites (N-methyl/N-ethyl adjacent to an activating group) is 2. The zero-order valence-corrected chi connectivity index (χ0v) is 24.5. The minimum absolute atomic E-state index is 0.0151. The molecule has 5 rings (SSSR count). The van der Waals surface area contributed by atoms with Crippen molar-refractivity contribution in [2.45, 2.75) is 44.3 Å². The third kappa shape index (κ3) is 6.33. The van der Waals surface area contributed by atoms with Gasteiger partial charge in [0.15, 0.2) is 5.01 Å². The number of benzene rings is 1. The van der Waals surface area contributed by atoms with E-state index in [-0.39, 0.29) is 29.7 Å². The maximum atomic E-state index is 13.4. The molecule has 2 aromatic heterocycles. The maximum absolute atomic E-state index is 13.4. The van der Waals surface area contributed by atoms with Gasteiger partial charge in [0, 0.05) is 73.0 Å². The summed E-state index contributed by atoms with van der Waals surface area (Å²) in [6.07, 6.45) is 2.39. The highest BCUT2D eigenvalue weighted by Crippen LogP contribution is 2.29. The zero-order valence-electron chi connectivity index (χ0n) is 23.0. The van der Waals surface area contributed by atoms with E-state index >= 15 is 0 Å². The molecule has 10 nitrogen and oxygen atoms in total. The van der Waals surface area contributed by atoms with Crippen molar-refractivity contribution in [1.82, 2.24) is 30.4 Å². The summed E-state index contributed by atoms with van der Waals surface area (Å²) in [7, 11) is 5.43. The Morgan fingerprint density at radius 3 is 2.80 bits per heavy atom. The molecule has 1 aromatic carbocycles. The lowest BCUT2D eigenvalue weighted by Gasteiger charge is -2.37. The Hall–Kier alpha value is -2.99. The highest BCUT2D eigenvalue weighted by molar-refractivity contribution is 7.13. The average Bonchev–Trinajstić information content (AvgIpc) is 3.56. The van der Waals surface area contributed by atoms with E-state index in [1.54, 1.807) is 37.3 Å². The number of rotatable bonds is 8. The van der Waals surface area contributed by atoms with Crippen LogP contribution in [0.4, 0.5) is 0 Å². The summed E-state index contributed by atoms with van der Waals surface area (Å²) < 4.78 is 5.13. The van der Waals surface area contributed by atoms with Crippen LogP contribution >= 0.6 is 22.9 Å². The fourth-order valence-electron chi connectivity index (χ4n) is 5.50. The topological polar surface area (TPSA) is 120 Å². The Kier molecular flexibility index (Phi) is 8.74. The Morgan fingerprint density at radius 2 is 2.00 bits per heavy atom. The molecule has 3 amide bonds. The minimum atomic E-state index is -0.433. The van der Waals surface area contributed by atoms with Gasteiger partial charge in [-0.05, 0) is 50.6 Å². The van der Waals surface area contributed by atoms with Gasteiger partial charge >= 0.3 is 0 Å². The summed E-state index contributed by atoms with van der Waals surface area (Å²) in [5.74, 6) is -0.797. The average molecular weight is 587 g/mol. The number of aromatic amines is 1. The van der Waals surface area contributed by atoms with E-state index in [1.165, 1.54) is 11.3 Å². The van der Waals surface area contributed by atoms with Crippen LogP contribution < -0.4 is 10.6 Å². The van der Waals surface area contributed by atoms with Gasteiger partial charge in [-0.2, -0.15) is 0 Å². The molecule has 1 aliphatic heterocycles. The second-order valence-electron chi connectivity index (χ2n) is 10.7. The highest BCUT2D eigenvalue weighted by Gasteiger charge is 2.37. The molecule has 0 spiro atoms. The molecule has 3 aromatic rings. The van der Waals surface area contributed by atoms with Crippen LogP contribution in [-0.4, -0.2) is 90.5 Å². The van der Waals surface area contributed by atoms with Crippen molar-refractivity contribution in [3.8, 4) is 0 Å². The van der Waals surface area contributed by atoms with Crippen LogP contribution in [0.5, 0.6) is 0 Å². The smallest absolute Gasteiger partial charge is 0.280 e. The predicted molar refractivity (Wildman–Crippen MR) is 155 cm³/mol. The van der Waals surface area contributed by atoms with Crippen molar-refractivity contribution in [2.75, 3.05) is 40.9 Å². The van der Waals surface area contributed by atoms with E-state index < -0.39 is 6.04 Å². The number of carbonyl (C=O) groups excluding carboxylic acids is 3. The molecular weight excluding hydrogens is 552 g/mol. The molecule has 3 atom stereocenters. The van der Waals surface area contributed by atoms with E-state index in [2.05, 4.69) is 32.5 Å². The number of carbonyl (C=O) groups is 3. The predicted octanol–water partition coefficient (Wildman–Crippen LogP) is 3.07. The number of aromatic nitrogens is 2. The lowest BCUT2D eigenvalue weighted by atomic mass is 9.81. The third-order valence-electron chi connectivity index (χ3n) is 7.78. The fraction of sp³-hybridized carbons (Fsp3) is 0.500. The van der Waals surface area contributed by atoms with Gasteiger partial charge in [0.2, 0.25) is 5.91 Å². The summed E-state index contributed by atoms with van der Waals surface area (Å²) in [6, 6.07) is 6.39. The molecule has 2 aliphatic rings. The number of nitrogens with zero attached hydrogens (tertiary/aromatic N) is 3. The standard InChI is InChI=1S/C28H35ClN6O4S/c1-34-9-8-21-24(15-34)40-27(33-21)26(37)32-22-13-16(28(38)35(2)10-11-39-3)4-6-20(22)31-25(36)23-14-17-12-18(29)5-7-19(17)30-23/h5,7,12,14,16,20,22,30H,4,6,8-11,13,15H2,1-3H3,(H,31,36)(H,32,37)/t16-,20-,22+/m0/s1. The molecule has 0 bridgehead atoms. The normalized spacial score (nSPS) is 21.1. The number of thiazole rings is 1. The molecule has 214 valence electrons. The molecule has 1 aliphatic carbocycles. The molecular formula is C28H35ClN6O4S. The second-order valence-corrected chi connectivity index (χ2v) is 12.2. The fourth-order valence-corrected chi connectivity index (χ4v) is 6.77. The highest BCUT2D eigenvalue weighted by atomic mass is 35.5. The van der Waals surface area contributed by atoms with Crippen LogP contribution in [0, 0.1) is 5.92 Å². The molecule has 1 fully saturated rings. The molecule has 3 heterocycles. The van der Waals surface area contributed by atoms with E-state index in [0.717, 1.165) is 41.0 Å². The van der Waals surface area contributed by atoms with Gasteiger partial charge in [0.1, 0.15) is 5.69 Å². The summed E-state index contributed by atoms with van der Waals surface area (Å²) in [5, 5.41) is 8.08. The van der Waals surface area contributed by atoms with Crippen molar-refractivity contribution in [2.24, 2.45) is 5.92 Å². The van der Waals surface area contributed by atoms with Crippen LogP contribution in [0.3, 0.4) is 0 Å². The number of ether oxygens (including phenoxy) is 1. The van der Waals surface area contributed by atoms with Gasteiger partial charge in [-0.15, -0.1) is 11.3 Å². The maximum Gasteiger partial charge on any atom is 0.280 e. The Labute approximate surface area is 242 Å². The first-order chi connectivity index (χ1) is 19.2. The van der Waals surface area contributed by atoms with E-state index in [0.29, 0.717) is 48.1 Å². The Bertz CT molecular complexity index is 1410. The molecule has 40 heavy (non-hydrogen) atoms. The summed E-state index contributed by atoms with van der Waals surface area (Å²) in [6.45, 7) is 2.64. The van der Waals surface area contributed by atoms with Gasteiger partial charge in [-0.1, -0.05) is 11.6 Å². The van der Waals surface area contributed by atoms with Gasteiger partial charge in [-0.25, -0.2) is 4.98 Å². The number of hydrogen-bond donors (Lipinski definition) is 3. The van der Waals surface area contributed by atoms with Crippen molar-refractivity contribution in [1.29, 1.82) is 0 Å². The van der Waals surface area contributed by atoms with Crippen LogP contribution in [0.2, 0.25) is 5.02 Å². The number of halogens is 1. The van der Waals surface area contributed by atoms with Crippen LogP contribution in [0.1, 0.15) is 50.1 Å². The van der Waals surface area contributed by atoms with Crippen molar-refractivity contribution < 1.29 is 19.1 Å². The van der Waals surface area contributed by atoms with Gasteiger partial charge in [-0.3, -0.25) is 14.4 Å². The molecule has 0 saturated heterocycles. The van der Waals surface area contributed by atoms with Crippen molar-refractivity contribution in [3.05, 3.63) is 50.6 Å². The quantitative estimate of drug-likeness (QED) is 0.373. The SMILES string of the molecule is COCCN(C)C(=O)[C@H]1CC[C@H](NC(=O)c2cc3cc(Cl)ccc3[nH]2)[C@H](NC(=O)c2nc3c(s2)CN(C)CC3)C1. The number of nitrogens with one attached hydrogen (secondary N) is 3. The first-order valence-corrected chi connectivity index (χ1v) is 14.7. The number of hydrogen-bond acceptors (Lipinski definition) is 7. The zero-order chi connectivity index (χ0) is 28.4. The summed E-state index contributed by atoms with van der Waals surface area (Å²) in [5.41, 5.74) is 2.20. The molecule has 1 saturated carbocycles. The van der Waals surface area contributed by atoms with E-state index in [1.807, 2.05) is 6.07 Å². The molecule has 0 radical (unpaired) electrons. The number of methoxy groups -OCH3 is 1. The van der Waals surface area contributed by atoms with Crippen molar-refractivity contribution in [3.63, 3.8) is 0 Å². The second kappa shape index (κ2) is 12.3. The van der Waals surface area contributed by atoms with Crippen LogP contribution in [0.15, 0.2) is 24.3 Å². The molecule has 0 unspecified atom stereocenters. The van der Waals surface area contributed by atoms with Crippen molar-refractivity contribution >= 4 is 51.6 Å². The Morgan fingerprint density at radius 1 is 1.20 bits per heavy atom. The Balaban J connectivity index is 1.33. The van der Waals surface area contributed by atoms with E-state index in [4.69, 9.17) is 16.3 Å². The molecule has 12 heteroatoms.